The molecule has 12 nitrogen and oxygen atoms in total. The molecule has 0 aliphatic carbocycles. The lowest BCUT2D eigenvalue weighted by Crippen LogP contribution is -2.61. The van der Waals surface area contributed by atoms with E-state index in [4.69, 9.17) is 10.1 Å². The Bertz CT molecular complexity index is 1300. The van der Waals surface area contributed by atoms with Crippen LogP contribution in [-0.2, 0) is 19.2 Å². The van der Waals surface area contributed by atoms with Gasteiger partial charge in [-0.05, 0) is 64.7 Å². The Morgan fingerprint density at radius 2 is 1.81 bits per heavy atom. The molecule has 230 valence electrons. The van der Waals surface area contributed by atoms with Crippen molar-refractivity contribution in [3.8, 4) is 0 Å². The number of hydrazine groups is 1. The van der Waals surface area contributed by atoms with Crippen molar-refractivity contribution in [2.24, 2.45) is 5.41 Å². The van der Waals surface area contributed by atoms with E-state index in [9.17, 15) is 29.4 Å². The molecule has 2 heterocycles. The summed E-state index contributed by atoms with van der Waals surface area (Å²) in [5.41, 5.74) is 4.15. The predicted molar refractivity (Wildman–Crippen MR) is 159 cm³/mol. The van der Waals surface area contributed by atoms with Crippen LogP contribution in [0.15, 0.2) is 36.4 Å². The molecule has 0 saturated carbocycles. The number of nitrogens with one attached hydrogen (secondary N) is 3. The third-order valence-corrected chi connectivity index (χ3v) is 6.97. The van der Waals surface area contributed by atoms with Crippen molar-refractivity contribution in [1.82, 2.24) is 26.1 Å². The average Bonchev–Trinajstić information content (AvgIpc) is 2.99. The maximum absolute atomic E-state index is 13.1. The molecule has 0 radical (unpaired) electrons. The molecule has 12 heteroatoms. The van der Waals surface area contributed by atoms with E-state index in [1.165, 1.54) is 11.9 Å². The Labute approximate surface area is 246 Å². The summed E-state index contributed by atoms with van der Waals surface area (Å²) in [6.07, 6.45) is 3.59. The normalized spacial score (nSPS) is 17.5. The van der Waals surface area contributed by atoms with Crippen LogP contribution in [0, 0.1) is 5.41 Å². The van der Waals surface area contributed by atoms with Crippen LogP contribution in [0.1, 0.15) is 71.2 Å². The van der Waals surface area contributed by atoms with Gasteiger partial charge in [-0.3, -0.25) is 29.2 Å². The molecule has 6 N–H and O–H groups in total. The predicted octanol–water partition coefficient (Wildman–Crippen LogP) is 1.92. The van der Waals surface area contributed by atoms with E-state index >= 15 is 0 Å². The lowest BCUT2D eigenvalue weighted by atomic mass is 9.92. The van der Waals surface area contributed by atoms with Crippen LogP contribution < -0.4 is 16.1 Å². The zero-order valence-corrected chi connectivity index (χ0v) is 25.0. The van der Waals surface area contributed by atoms with Crippen molar-refractivity contribution in [2.45, 2.75) is 78.1 Å². The fourth-order valence-corrected chi connectivity index (χ4v) is 4.18. The first-order valence-corrected chi connectivity index (χ1v) is 14.0. The van der Waals surface area contributed by atoms with E-state index in [0.29, 0.717) is 30.6 Å². The van der Waals surface area contributed by atoms with Crippen molar-refractivity contribution < 1.29 is 34.5 Å². The van der Waals surface area contributed by atoms with Gasteiger partial charge in [0.15, 0.2) is 0 Å². The van der Waals surface area contributed by atoms with Crippen molar-refractivity contribution in [3.63, 3.8) is 0 Å². The van der Waals surface area contributed by atoms with Crippen molar-refractivity contribution in [1.29, 1.82) is 0 Å². The highest BCUT2D eigenvalue weighted by atomic mass is 16.4. The Balaban J connectivity index is 0.00000301. The lowest BCUT2D eigenvalue weighted by Gasteiger charge is -2.35. The van der Waals surface area contributed by atoms with Crippen LogP contribution in [0.2, 0.25) is 0 Å². The maximum atomic E-state index is 13.1. The number of fused-ring (bicyclic) bond motifs is 1. The number of aliphatic hydroxyl groups excluding tert-OH is 2. The second kappa shape index (κ2) is 15.4. The van der Waals surface area contributed by atoms with Crippen LogP contribution >= 0.6 is 0 Å². The highest BCUT2D eigenvalue weighted by Gasteiger charge is 2.32. The SMILES string of the molecule is CCC(O)C(=O)NC(C)C(=O)N1CCCC(C(=O)N[C@H](C)c2ccc3ccc(/C=C/C(C)(C)C(=O)O)cc3n2)N1.CO. The third-order valence-electron chi connectivity index (χ3n) is 6.97. The second-order valence-electron chi connectivity index (χ2n) is 10.7. The monoisotopic (exact) mass is 585 g/mol. The highest BCUT2D eigenvalue weighted by molar-refractivity contribution is 5.89. The molecule has 3 rings (SSSR count). The number of carbonyl (C=O) groups excluding carboxylic acids is 3. The van der Waals surface area contributed by atoms with Gasteiger partial charge in [0.2, 0.25) is 11.8 Å². The minimum Gasteiger partial charge on any atom is -0.481 e. The molecule has 1 fully saturated rings. The zero-order chi connectivity index (χ0) is 31.6. The summed E-state index contributed by atoms with van der Waals surface area (Å²) >= 11 is 0. The molecular formula is C30H43N5O7. The largest absolute Gasteiger partial charge is 0.481 e. The van der Waals surface area contributed by atoms with Gasteiger partial charge in [0, 0.05) is 19.0 Å². The first-order valence-electron chi connectivity index (χ1n) is 14.0. The molecule has 3 unspecified atom stereocenters. The fourth-order valence-electron chi connectivity index (χ4n) is 4.18. The van der Waals surface area contributed by atoms with E-state index in [0.717, 1.165) is 18.1 Å². The molecule has 1 aliphatic heterocycles. The highest BCUT2D eigenvalue weighted by Crippen LogP contribution is 2.22. The molecule has 0 bridgehead atoms. The number of hydrogen-bond donors (Lipinski definition) is 6. The summed E-state index contributed by atoms with van der Waals surface area (Å²) in [6.45, 7) is 8.67. The first kappa shape index (κ1) is 34.3. The number of pyridine rings is 1. The lowest BCUT2D eigenvalue weighted by molar-refractivity contribution is -0.144. The van der Waals surface area contributed by atoms with Gasteiger partial charge in [0.05, 0.1) is 22.7 Å². The Kier molecular flexibility index (Phi) is 12.6. The number of hydrogen-bond acceptors (Lipinski definition) is 8. The Morgan fingerprint density at radius 1 is 1.14 bits per heavy atom. The molecule has 4 atom stereocenters. The van der Waals surface area contributed by atoms with Gasteiger partial charge in [-0.15, -0.1) is 0 Å². The van der Waals surface area contributed by atoms with Gasteiger partial charge >= 0.3 is 5.97 Å². The maximum Gasteiger partial charge on any atom is 0.312 e. The second-order valence-corrected chi connectivity index (χ2v) is 10.7. The van der Waals surface area contributed by atoms with E-state index in [1.54, 1.807) is 32.9 Å². The van der Waals surface area contributed by atoms with Gasteiger partial charge in [-0.25, -0.2) is 5.43 Å². The fraction of sp³-hybridized carbons (Fsp3) is 0.500. The number of aromatic nitrogens is 1. The average molecular weight is 586 g/mol. The van der Waals surface area contributed by atoms with Crippen molar-refractivity contribution in [2.75, 3.05) is 13.7 Å². The van der Waals surface area contributed by atoms with E-state index < -0.39 is 47.4 Å². The standard InChI is InChI=1S/C29H39N5O6.CH4O/c1-6-24(35)26(37)31-18(3)27(38)34-15-7-8-22(33-34)25(36)30-17(2)21-12-11-20-10-9-19(16-23(20)32-21)13-14-29(4,5)28(39)40;1-2/h9-14,16-18,22,24,33,35H,6-8,15H2,1-5H3,(H,30,36)(H,31,37)(H,39,40);2H,1H3/b14-13+;/t17-,18?,22?,24?;/m1./s1. The summed E-state index contributed by atoms with van der Waals surface area (Å²) in [5, 5.41) is 33.7. The summed E-state index contributed by atoms with van der Waals surface area (Å²) in [5.74, 6) is -2.20. The van der Waals surface area contributed by atoms with Crippen LogP contribution in [0.4, 0.5) is 0 Å². The molecular weight excluding hydrogens is 542 g/mol. The van der Waals surface area contributed by atoms with Crippen molar-refractivity contribution in [3.05, 3.63) is 47.7 Å². The summed E-state index contributed by atoms with van der Waals surface area (Å²) < 4.78 is 0. The smallest absolute Gasteiger partial charge is 0.312 e. The topological polar surface area (TPSA) is 181 Å². The number of nitrogens with zero attached hydrogens (tertiary/aromatic N) is 2. The molecule has 1 saturated heterocycles. The van der Waals surface area contributed by atoms with Gasteiger partial charge in [-0.1, -0.05) is 37.3 Å². The number of amides is 3. The van der Waals surface area contributed by atoms with Crippen LogP contribution in [0.3, 0.4) is 0 Å². The van der Waals surface area contributed by atoms with E-state index in [1.807, 2.05) is 37.3 Å². The number of benzene rings is 1. The number of carboxylic acid groups (broad SMARTS) is 1. The van der Waals surface area contributed by atoms with E-state index in [2.05, 4.69) is 16.1 Å². The first-order chi connectivity index (χ1) is 19.8. The quantitative estimate of drug-likeness (QED) is 0.243. The van der Waals surface area contributed by atoms with Gasteiger partial charge in [0.25, 0.3) is 5.91 Å². The molecule has 3 amide bonds. The zero-order valence-electron chi connectivity index (χ0n) is 25.0. The number of carbonyl (C=O) groups is 4. The Hall–Kier alpha value is -3.87. The third kappa shape index (κ3) is 9.07. The summed E-state index contributed by atoms with van der Waals surface area (Å²) in [4.78, 5) is 54.0. The number of aliphatic hydroxyl groups is 2. The molecule has 0 spiro atoms. The summed E-state index contributed by atoms with van der Waals surface area (Å²) in [6, 6.07) is 7.51. The van der Waals surface area contributed by atoms with Crippen LogP contribution in [-0.4, -0.2) is 80.8 Å². The van der Waals surface area contributed by atoms with Gasteiger partial charge < -0.3 is 26.0 Å². The minimum absolute atomic E-state index is 0.241. The molecule has 42 heavy (non-hydrogen) atoms. The number of aliphatic carboxylic acids is 1. The Morgan fingerprint density at radius 3 is 2.45 bits per heavy atom. The van der Waals surface area contributed by atoms with E-state index in [-0.39, 0.29) is 12.3 Å². The molecule has 1 aromatic heterocycles. The number of rotatable bonds is 10. The van der Waals surface area contributed by atoms with Gasteiger partial charge in [-0.2, -0.15) is 0 Å². The van der Waals surface area contributed by atoms with Gasteiger partial charge in [0.1, 0.15) is 18.2 Å². The van der Waals surface area contributed by atoms with Crippen LogP contribution in [0.25, 0.3) is 17.0 Å². The molecule has 2 aromatic rings. The molecule has 1 aliphatic rings. The minimum atomic E-state index is -1.18. The molecule has 1 aromatic carbocycles. The summed E-state index contributed by atoms with van der Waals surface area (Å²) in [7, 11) is 1.00. The number of carboxylic acids is 1. The van der Waals surface area contributed by atoms with Crippen molar-refractivity contribution >= 4 is 40.7 Å². The van der Waals surface area contributed by atoms with Crippen LogP contribution in [0.5, 0.6) is 0 Å².